The third-order valence-corrected chi connectivity index (χ3v) is 4.19. The van der Waals surface area contributed by atoms with Crippen molar-refractivity contribution in [2.75, 3.05) is 10.5 Å². The Morgan fingerprint density at radius 2 is 2.11 bits per heavy atom. The van der Waals surface area contributed by atoms with Crippen LogP contribution in [-0.2, 0) is 10.0 Å². The number of benzene rings is 1. The van der Waals surface area contributed by atoms with Crippen LogP contribution in [0.5, 0.6) is 0 Å². The molecule has 18 heavy (non-hydrogen) atoms. The number of anilines is 1. The van der Waals surface area contributed by atoms with Crippen molar-refractivity contribution in [1.29, 1.82) is 0 Å². The van der Waals surface area contributed by atoms with Gasteiger partial charge in [-0.3, -0.25) is 4.72 Å². The number of hydrogen-bond donors (Lipinski definition) is 2. The minimum atomic E-state index is -3.24. The second-order valence-corrected chi connectivity index (χ2v) is 6.34. The zero-order chi connectivity index (χ0) is 13.2. The first-order valence-corrected chi connectivity index (χ1v) is 7.76. The van der Waals surface area contributed by atoms with Crippen molar-refractivity contribution in [1.82, 2.24) is 4.98 Å². The van der Waals surface area contributed by atoms with Crippen LogP contribution < -0.4 is 4.72 Å². The lowest BCUT2D eigenvalue weighted by Gasteiger charge is -2.08. The van der Waals surface area contributed by atoms with Crippen LogP contribution in [-0.4, -0.2) is 19.2 Å². The first-order valence-electron chi connectivity index (χ1n) is 6.10. The third kappa shape index (κ3) is 2.85. The van der Waals surface area contributed by atoms with Gasteiger partial charge in [0.25, 0.3) is 0 Å². The maximum Gasteiger partial charge on any atom is 0.232 e. The van der Waals surface area contributed by atoms with Gasteiger partial charge in [0, 0.05) is 16.6 Å². The number of rotatable bonds is 5. The van der Waals surface area contributed by atoms with E-state index in [1.807, 2.05) is 32.0 Å². The summed E-state index contributed by atoms with van der Waals surface area (Å²) in [7, 11) is -3.24. The molecule has 2 N–H and O–H groups in total. The van der Waals surface area contributed by atoms with Gasteiger partial charge in [0.15, 0.2) is 0 Å². The van der Waals surface area contributed by atoms with E-state index < -0.39 is 10.0 Å². The van der Waals surface area contributed by atoms with Crippen LogP contribution in [0, 0.1) is 6.92 Å². The van der Waals surface area contributed by atoms with E-state index in [1.165, 1.54) is 0 Å². The van der Waals surface area contributed by atoms with E-state index in [0.29, 0.717) is 12.1 Å². The average Bonchev–Trinajstić information content (AvgIpc) is 2.68. The standard InChI is InChI=1S/C13H18N2O2S/c1-3-4-8-18(16,17)15-13-7-5-6-12-11(13)9-10(2)14-12/h5-7,9,14-15H,3-4,8H2,1-2H3. The fourth-order valence-corrected chi connectivity index (χ4v) is 3.22. The number of aromatic amines is 1. The predicted octanol–water partition coefficient (Wildman–Crippen LogP) is 3.02. The molecular weight excluding hydrogens is 248 g/mol. The van der Waals surface area contributed by atoms with Gasteiger partial charge in [0.05, 0.1) is 11.4 Å². The van der Waals surface area contributed by atoms with E-state index >= 15 is 0 Å². The Balaban J connectivity index is 2.31. The molecule has 0 saturated carbocycles. The van der Waals surface area contributed by atoms with Crippen LogP contribution in [0.4, 0.5) is 5.69 Å². The van der Waals surface area contributed by atoms with Gasteiger partial charge in [-0.15, -0.1) is 0 Å². The lowest BCUT2D eigenvalue weighted by atomic mass is 10.2. The molecule has 0 radical (unpaired) electrons. The highest BCUT2D eigenvalue weighted by atomic mass is 32.2. The topological polar surface area (TPSA) is 62.0 Å². The van der Waals surface area contributed by atoms with Crippen molar-refractivity contribution in [3.63, 3.8) is 0 Å². The molecule has 1 aromatic heterocycles. The molecule has 0 atom stereocenters. The van der Waals surface area contributed by atoms with Gasteiger partial charge in [-0.2, -0.15) is 0 Å². The lowest BCUT2D eigenvalue weighted by Crippen LogP contribution is -2.16. The summed E-state index contributed by atoms with van der Waals surface area (Å²) in [5.74, 6) is 0.170. The summed E-state index contributed by atoms with van der Waals surface area (Å²) in [6.45, 7) is 3.93. The minimum Gasteiger partial charge on any atom is -0.359 e. The maximum absolute atomic E-state index is 11.9. The first-order chi connectivity index (χ1) is 8.52. The van der Waals surface area contributed by atoms with Crippen LogP contribution in [0.3, 0.4) is 0 Å². The molecule has 0 aliphatic carbocycles. The molecule has 0 fully saturated rings. The number of aryl methyl sites for hydroxylation is 1. The Bertz CT molecular complexity index is 644. The number of hydrogen-bond acceptors (Lipinski definition) is 2. The van der Waals surface area contributed by atoms with E-state index in [0.717, 1.165) is 23.0 Å². The summed E-state index contributed by atoms with van der Waals surface area (Å²) in [5, 5.41) is 0.912. The summed E-state index contributed by atoms with van der Waals surface area (Å²) in [4.78, 5) is 3.19. The van der Waals surface area contributed by atoms with Gasteiger partial charge in [0.2, 0.25) is 10.0 Å². The quantitative estimate of drug-likeness (QED) is 0.873. The lowest BCUT2D eigenvalue weighted by molar-refractivity contribution is 0.598. The van der Waals surface area contributed by atoms with Crippen molar-refractivity contribution in [3.05, 3.63) is 30.0 Å². The van der Waals surface area contributed by atoms with Gasteiger partial charge in [-0.1, -0.05) is 19.4 Å². The largest absolute Gasteiger partial charge is 0.359 e. The Hall–Kier alpha value is -1.49. The Labute approximate surface area is 107 Å². The maximum atomic E-state index is 11.9. The number of unbranched alkanes of at least 4 members (excludes halogenated alkanes) is 1. The van der Waals surface area contributed by atoms with Crippen LogP contribution >= 0.6 is 0 Å². The molecule has 1 aromatic carbocycles. The molecular formula is C13H18N2O2S. The van der Waals surface area contributed by atoms with Crippen LogP contribution in [0.1, 0.15) is 25.5 Å². The van der Waals surface area contributed by atoms with Gasteiger partial charge in [-0.25, -0.2) is 8.42 Å². The predicted molar refractivity (Wildman–Crippen MR) is 75.4 cm³/mol. The highest BCUT2D eigenvalue weighted by Crippen LogP contribution is 2.25. The monoisotopic (exact) mass is 266 g/mol. The zero-order valence-electron chi connectivity index (χ0n) is 10.7. The molecule has 5 heteroatoms. The van der Waals surface area contributed by atoms with Crippen LogP contribution in [0.2, 0.25) is 0 Å². The fourth-order valence-electron chi connectivity index (χ4n) is 1.94. The molecule has 98 valence electrons. The Morgan fingerprint density at radius 3 is 2.83 bits per heavy atom. The molecule has 0 amide bonds. The second-order valence-electron chi connectivity index (χ2n) is 4.49. The number of sulfonamides is 1. The molecule has 4 nitrogen and oxygen atoms in total. The molecule has 0 aliphatic rings. The van der Waals surface area contributed by atoms with E-state index in [4.69, 9.17) is 0 Å². The molecule has 1 heterocycles. The first kappa shape index (κ1) is 13.0. The van der Waals surface area contributed by atoms with Gasteiger partial charge < -0.3 is 4.98 Å². The molecule has 2 rings (SSSR count). The van der Waals surface area contributed by atoms with Crippen LogP contribution in [0.15, 0.2) is 24.3 Å². The van der Waals surface area contributed by atoms with Gasteiger partial charge in [-0.05, 0) is 31.5 Å². The van der Waals surface area contributed by atoms with Gasteiger partial charge >= 0.3 is 0 Å². The van der Waals surface area contributed by atoms with Crippen molar-refractivity contribution in [2.45, 2.75) is 26.7 Å². The highest BCUT2D eigenvalue weighted by Gasteiger charge is 2.12. The normalized spacial score (nSPS) is 11.9. The molecule has 0 saturated heterocycles. The molecule has 0 bridgehead atoms. The van der Waals surface area contributed by atoms with E-state index in [1.54, 1.807) is 6.07 Å². The van der Waals surface area contributed by atoms with Gasteiger partial charge in [0.1, 0.15) is 0 Å². The van der Waals surface area contributed by atoms with Crippen molar-refractivity contribution >= 4 is 26.6 Å². The summed E-state index contributed by atoms with van der Waals surface area (Å²) < 4.78 is 26.4. The Kier molecular flexibility index (Phi) is 3.61. The summed E-state index contributed by atoms with van der Waals surface area (Å²) in [6, 6.07) is 7.52. The second kappa shape index (κ2) is 5.02. The smallest absolute Gasteiger partial charge is 0.232 e. The Morgan fingerprint density at radius 1 is 1.33 bits per heavy atom. The molecule has 0 unspecified atom stereocenters. The van der Waals surface area contributed by atoms with Crippen molar-refractivity contribution < 1.29 is 8.42 Å². The minimum absolute atomic E-state index is 0.170. The summed E-state index contributed by atoms with van der Waals surface area (Å²) in [5.41, 5.74) is 2.61. The molecule has 2 aromatic rings. The zero-order valence-corrected chi connectivity index (χ0v) is 11.5. The molecule has 0 spiro atoms. The SMILES string of the molecule is CCCCS(=O)(=O)Nc1cccc2[nH]c(C)cc12. The van der Waals surface area contributed by atoms with E-state index in [2.05, 4.69) is 9.71 Å². The number of aromatic nitrogens is 1. The van der Waals surface area contributed by atoms with Crippen molar-refractivity contribution in [2.24, 2.45) is 0 Å². The third-order valence-electron chi connectivity index (χ3n) is 2.83. The van der Waals surface area contributed by atoms with Crippen LogP contribution in [0.25, 0.3) is 10.9 Å². The number of nitrogens with one attached hydrogen (secondary N) is 2. The fraction of sp³-hybridized carbons (Fsp3) is 0.385. The van der Waals surface area contributed by atoms with Crippen molar-refractivity contribution in [3.8, 4) is 0 Å². The van der Waals surface area contributed by atoms with E-state index in [-0.39, 0.29) is 5.75 Å². The van der Waals surface area contributed by atoms with E-state index in [9.17, 15) is 8.42 Å². The number of fused-ring (bicyclic) bond motifs is 1. The highest BCUT2D eigenvalue weighted by molar-refractivity contribution is 7.92. The summed E-state index contributed by atoms with van der Waals surface area (Å²) >= 11 is 0. The average molecular weight is 266 g/mol. The number of H-pyrrole nitrogens is 1. The molecule has 0 aliphatic heterocycles. The summed E-state index contributed by atoms with van der Waals surface area (Å²) in [6.07, 6.45) is 1.55.